The molecule has 1 aliphatic heterocycles. The first-order valence-corrected chi connectivity index (χ1v) is 9.35. The van der Waals surface area contributed by atoms with Gasteiger partial charge in [0.15, 0.2) is 0 Å². The molecule has 0 bridgehead atoms. The zero-order valence-corrected chi connectivity index (χ0v) is 15.5. The van der Waals surface area contributed by atoms with Crippen LogP contribution in [0.25, 0.3) is 0 Å². The Morgan fingerprint density at radius 3 is 2.48 bits per heavy atom. The van der Waals surface area contributed by atoms with Gasteiger partial charge in [0.05, 0.1) is 0 Å². The molecule has 0 aromatic heterocycles. The van der Waals surface area contributed by atoms with Crippen molar-refractivity contribution in [2.45, 2.75) is 38.8 Å². The van der Waals surface area contributed by atoms with Gasteiger partial charge in [-0.25, -0.2) is 0 Å². The number of carbonyl (C=O) groups is 2. The highest BCUT2D eigenvalue weighted by molar-refractivity contribution is 6.30. The molecule has 1 aromatic carbocycles. The smallest absolute Gasteiger partial charge is 0.251 e. The molecule has 1 saturated heterocycles. The molecule has 2 fully saturated rings. The van der Waals surface area contributed by atoms with Gasteiger partial charge < -0.3 is 16.0 Å². The maximum atomic E-state index is 13.0. The molecule has 4 unspecified atom stereocenters. The molecular weight excluding hydrogens is 338 g/mol. The first kappa shape index (κ1) is 18.2. The second-order valence-corrected chi connectivity index (χ2v) is 8.05. The highest BCUT2D eigenvalue weighted by atomic mass is 35.5. The van der Waals surface area contributed by atoms with Crippen LogP contribution in [0.5, 0.6) is 0 Å². The van der Waals surface area contributed by atoms with Crippen LogP contribution in [0.2, 0.25) is 5.02 Å². The third kappa shape index (κ3) is 3.82. The number of nitrogens with zero attached hydrogens (tertiary/aromatic N) is 1. The van der Waals surface area contributed by atoms with Crippen molar-refractivity contribution in [3.63, 3.8) is 0 Å². The second kappa shape index (κ2) is 7.34. The molecule has 1 heterocycles. The zero-order valence-electron chi connectivity index (χ0n) is 14.7. The summed E-state index contributed by atoms with van der Waals surface area (Å²) < 4.78 is 0. The van der Waals surface area contributed by atoms with E-state index in [4.69, 9.17) is 17.3 Å². The highest BCUT2D eigenvalue weighted by Gasteiger charge is 2.44. The molecule has 136 valence electrons. The van der Waals surface area contributed by atoms with Crippen LogP contribution in [0.1, 0.15) is 37.0 Å². The van der Waals surface area contributed by atoms with Crippen LogP contribution in [-0.2, 0) is 4.79 Å². The van der Waals surface area contributed by atoms with E-state index >= 15 is 0 Å². The minimum atomic E-state index is -0.529. The standard InChI is InChI=1S/C19H26ClN3O2/c1-11(2)17(22-18(24)12-3-6-14(20)7-4-12)19(25)23-9-13-5-8-16(21)15(13)10-23/h3-4,6-7,11,13,15-17H,5,8-10,21H2,1-2H3,(H,22,24). The van der Waals surface area contributed by atoms with Crippen molar-refractivity contribution in [3.8, 4) is 0 Å². The van der Waals surface area contributed by atoms with Gasteiger partial charge >= 0.3 is 0 Å². The average Bonchev–Trinajstić information content (AvgIpc) is 3.14. The number of likely N-dealkylation sites (tertiary alicyclic amines) is 1. The molecule has 0 spiro atoms. The van der Waals surface area contributed by atoms with Crippen LogP contribution in [0.4, 0.5) is 0 Å². The fourth-order valence-electron chi connectivity index (χ4n) is 4.02. The van der Waals surface area contributed by atoms with E-state index in [0.29, 0.717) is 29.0 Å². The van der Waals surface area contributed by atoms with Crippen LogP contribution in [0, 0.1) is 17.8 Å². The van der Waals surface area contributed by atoms with Gasteiger partial charge in [0.25, 0.3) is 5.91 Å². The van der Waals surface area contributed by atoms with Crippen LogP contribution in [0.3, 0.4) is 0 Å². The van der Waals surface area contributed by atoms with Crippen LogP contribution < -0.4 is 11.1 Å². The Bertz CT molecular complexity index is 647. The number of carbonyl (C=O) groups excluding carboxylic acids is 2. The van der Waals surface area contributed by atoms with Crippen molar-refractivity contribution in [2.75, 3.05) is 13.1 Å². The summed E-state index contributed by atoms with van der Waals surface area (Å²) in [6.45, 7) is 5.38. The van der Waals surface area contributed by atoms with Gasteiger partial charge in [0.2, 0.25) is 5.91 Å². The lowest BCUT2D eigenvalue weighted by atomic mass is 9.98. The number of hydrogen-bond acceptors (Lipinski definition) is 3. The summed E-state index contributed by atoms with van der Waals surface area (Å²) in [6, 6.07) is 6.34. The molecule has 4 atom stereocenters. The third-order valence-electron chi connectivity index (χ3n) is 5.55. The first-order valence-electron chi connectivity index (χ1n) is 8.97. The Morgan fingerprint density at radius 1 is 1.20 bits per heavy atom. The lowest BCUT2D eigenvalue weighted by molar-refractivity contribution is -0.133. The van der Waals surface area contributed by atoms with Gasteiger partial charge in [-0.1, -0.05) is 25.4 Å². The molecule has 2 amide bonds. The van der Waals surface area contributed by atoms with Gasteiger partial charge in [0.1, 0.15) is 6.04 Å². The molecular formula is C19H26ClN3O2. The lowest BCUT2D eigenvalue weighted by Gasteiger charge is -2.28. The van der Waals surface area contributed by atoms with Crippen LogP contribution in [0.15, 0.2) is 24.3 Å². The Hall–Kier alpha value is -1.59. The number of halogens is 1. The Morgan fingerprint density at radius 2 is 1.88 bits per heavy atom. The average molecular weight is 364 g/mol. The predicted molar refractivity (Wildman–Crippen MR) is 98.3 cm³/mol. The molecule has 25 heavy (non-hydrogen) atoms. The summed E-state index contributed by atoms with van der Waals surface area (Å²) in [7, 11) is 0. The molecule has 1 aromatic rings. The van der Waals surface area contributed by atoms with Gasteiger partial charge in [-0.05, 0) is 54.9 Å². The lowest BCUT2D eigenvalue weighted by Crippen LogP contribution is -2.51. The second-order valence-electron chi connectivity index (χ2n) is 7.61. The molecule has 3 N–H and O–H groups in total. The van der Waals surface area contributed by atoms with E-state index in [1.54, 1.807) is 24.3 Å². The van der Waals surface area contributed by atoms with Crippen molar-refractivity contribution in [1.29, 1.82) is 0 Å². The summed E-state index contributed by atoms with van der Waals surface area (Å²) in [5, 5.41) is 3.48. The van der Waals surface area contributed by atoms with Gasteiger partial charge in [-0.3, -0.25) is 9.59 Å². The quantitative estimate of drug-likeness (QED) is 0.861. The van der Waals surface area contributed by atoms with E-state index < -0.39 is 6.04 Å². The minimum absolute atomic E-state index is 0.00101. The normalized spacial score (nSPS) is 26.6. The summed E-state index contributed by atoms with van der Waals surface area (Å²) in [6.07, 6.45) is 2.15. The number of hydrogen-bond donors (Lipinski definition) is 2. The summed E-state index contributed by atoms with van der Waals surface area (Å²) in [4.78, 5) is 27.4. The van der Waals surface area contributed by atoms with Crippen molar-refractivity contribution in [2.24, 2.45) is 23.5 Å². The number of fused-ring (bicyclic) bond motifs is 1. The summed E-state index contributed by atoms with van der Waals surface area (Å²) in [5.41, 5.74) is 6.67. The Labute approximate surface area is 153 Å². The fourth-order valence-corrected chi connectivity index (χ4v) is 4.15. The summed E-state index contributed by atoms with van der Waals surface area (Å²) in [5.74, 6) is 0.680. The van der Waals surface area contributed by atoms with Crippen LogP contribution in [-0.4, -0.2) is 41.9 Å². The SMILES string of the molecule is CC(C)C(NC(=O)c1ccc(Cl)cc1)C(=O)N1CC2CCC(N)C2C1. The van der Waals surface area contributed by atoms with Gasteiger partial charge in [-0.15, -0.1) is 0 Å². The number of benzene rings is 1. The number of nitrogens with two attached hydrogens (primary N) is 1. The number of nitrogens with one attached hydrogen (secondary N) is 1. The van der Waals surface area contributed by atoms with Gasteiger partial charge in [-0.2, -0.15) is 0 Å². The van der Waals surface area contributed by atoms with E-state index in [0.717, 1.165) is 19.4 Å². The minimum Gasteiger partial charge on any atom is -0.340 e. The monoisotopic (exact) mass is 363 g/mol. The van der Waals surface area contributed by atoms with E-state index in [2.05, 4.69) is 5.32 Å². The zero-order chi connectivity index (χ0) is 18.1. The van der Waals surface area contributed by atoms with Crippen molar-refractivity contribution < 1.29 is 9.59 Å². The molecule has 5 nitrogen and oxygen atoms in total. The fraction of sp³-hybridized carbons (Fsp3) is 0.579. The largest absolute Gasteiger partial charge is 0.340 e. The maximum absolute atomic E-state index is 13.0. The van der Waals surface area contributed by atoms with E-state index in [1.807, 2.05) is 18.7 Å². The maximum Gasteiger partial charge on any atom is 0.251 e. The molecule has 1 aliphatic carbocycles. The molecule has 0 radical (unpaired) electrons. The van der Waals surface area contributed by atoms with E-state index in [1.165, 1.54) is 0 Å². The number of rotatable bonds is 4. The molecule has 6 heteroatoms. The van der Waals surface area contributed by atoms with Crippen molar-refractivity contribution in [3.05, 3.63) is 34.9 Å². The number of amides is 2. The first-order chi connectivity index (χ1) is 11.9. The predicted octanol–water partition coefficient (Wildman–Crippen LogP) is 2.29. The van der Waals surface area contributed by atoms with Crippen molar-refractivity contribution >= 4 is 23.4 Å². The van der Waals surface area contributed by atoms with Gasteiger partial charge in [0, 0.05) is 29.7 Å². The topological polar surface area (TPSA) is 75.4 Å². The third-order valence-corrected chi connectivity index (χ3v) is 5.80. The van der Waals surface area contributed by atoms with E-state index in [9.17, 15) is 9.59 Å². The Balaban J connectivity index is 1.67. The summed E-state index contributed by atoms with van der Waals surface area (Å²) >= 11 is 5.86. The van der Waals surface area contributed by atoms with Crippen molar-refractivity contribution in [1.82, 2.24) is 10.2 Å². The highest BCUT2D eigenvalue weighted by Crippen LogP contribution is 2.37. The molecule has 3 rings (SSSR count). The van der Waals surface area contributed by atoms with E-state index in [-0.39, 0.29) is 23.8 Å². The van der Waals surface area contributed by atoms with Crippen LogP contribution >= 0.6 is 11.6 Å². The Kier molecular flexibility index (Phi) is 5.35. The molecule has 1 saturated carbocycles. The molecule has 2 aliphatic rings.